The lowest BCUT2D eigenvalue weighted by Gasteiger charge is -2.12. The fourth-order valence-electron chi connectivity index (χ4n) is 3.54. The Bertz CT molecular complexity index is 568. The van der Waals surface area contributed by atoms with Gasteiger partial charge in [0.25, 0.3) is 0 Å². The molecule has 2 heterocycles. The van der Waals surface area contributed by atoms with Crippen LogP contribution in [0.15, 0.2) is 36.5 Å². The molecule has 0 radical (unpaired) electrons. The Kier molecular flexibility index (Phi) is 3.20. The van der Waals surface area contributed by atoms with Gasteiger partial charge >= 0.3 is 0 Å². The van der Waals surface area contributed by atoms with E-state index >= 15 is 0 Å². The highest BCUT2D eigenvalue weighted by molar-refractivity contribution is 7.18. The van der Waals surface area contributed by atoms with Gasteiger partial charge in [0.15, 0.2) is 5.13 Å². The predicted octanol–water partition coefficient (Wildman–Crippen LogP) is 3.22. The first kappa shape index (κ1) is 12.4. The van der Waals surface area contributed by atoms with Crippen LogP contribution < -0.4 is 10.6 Å². The first-order chi connectivity index (χ1) is 9.88. The normalized spacial score (nSPS) is 28.5. The van der Waals surface area contributed by atoms with E-state index in [-0.39, 0.29) is 0 Å². The maximum Gasteiger partial charge on any atom is 0.183 e. The molecule has 1 aliphatic heterocycles. The van der Waals surface area contributed by atoms with E-state index in [4.69, 9.17) is 0 Å². The van der Waals surface area contributed by atoms with Crippen LogP contribution in [0.2, 0.25) is 0 Å². The van der Waals surface area contributed by atoms with Crippen LogP contribution >= 0.6 is 11.3 Å². The van der Waals surface area contributed by atoms with Crippen molar-refractivity contribution in [2.75, 3.05) is 18.4 Å². The Morgan fingerprint density at radius 3 is 2.60 bits per heavy atom. The second-order valence-electron chi connectivity index (χ2n) is 5.89. The van der Waals surface area contributed by atoms with Crippen LogP contribution in [0.4, 0.5) is 5.13 Å². The minimum absolute atomic E-state index is 0.613. The van der Waals surface area contributed by atoms with Crippen molar-refractivity contribution in [3.8, 4) is 10.4 Å². The molecule has 0 bridgehead atoms. The van der Waals surface area contributed by atoms with Crippen LogP contribution in [0.3, 0.4) is 0 Å². The van der Waals surface area contributed by atoms with Crippen LogP contribution in [0, 0.1) is 11.8 Å². The van der Waals surface area contributed by atoms with Gasteiger partial charge in [-0.15, -0.1) is 0 Å². The summed E-state index contributed by atoms with van der Waals surface area (Å²) in [6.07, 6.45) is 4.56. The third kappa shape index (κ3) is 2.34. The molecule has 4 heteroatoms. The van der Waals surface area contributed by atoms with Crippen molar-refractivity contribution < 1.29 is 0 Å². The summed E-state index contributed by atoms with van der Waals surface area (Å²) in [5.74, 6) is 1.75. The van der Waals surface area contributed by atoms with Crippen molar-refractivity contribution in [3.05, 3.63) is 36.5 Å². The average Bonchev–Trinajstić information content (AvgIpc) is 3.16. The minimum Gasteiger partial charge on any atom is -0.359 e. The highest BCUT2D eigenvalue weighted by Crippen LogP contribution is 2.37. The van der Waals surface area contributed by atoms with E-state index in [1.165, 1.54) is 36.4 Å². The van der Waals surface area contributed by atoms with Gasteiger partial charge in [0.1, 0.15) is 0 Å². The summed E-state index contributed by atoms with van der Waals surface area (Å²) in [7, 11) is 0. The van der Waals surface area contributed by atoms with Gasteiger partial charge in [0, 0.05) is 12.2 Å². The Morgan fingerprint density at radius 2 is 1.85 bits per heavy atom. The standard InChI is InChI=1S/C16H19N3S/c1-2-4-11(5-3-1)15-10-18-16(20-15)19-14-6-12-8-17-9-13(12)7-14/h1-5,10,12-14,17H,6-9H2,(H,18,19)/t12-,13?,14?/m1/s1. The number of hydrogen-bond acceptors (Lipinski definition) is 4. The molecule has 1 aromatic heterocycles. The number of nitrogens with one attached hydrogen (secondary N) is 2. The number of hydrogen-bond donors (Lipinski definition) is 2. The first-order valence-corrected chi connectivity index (χ1v) is 8.18. The van der Waals surface area contributed by atoms with E-state index in [0.29, 0.717) is 6.04 Å². The lowest BCUT2D eigenvalue weighted by atomic mass is 10.0. The van der Waals surface area contributed by atoms with Gasteiger partial charge in [-0.2, -0.15) is 0 Å². The Morgan fingerprint density at radius 1 is 1.10 bits per heavy atom. The second-order valence-corrected chi connectivity index (χ2v) is 6.92. The molecule has 4 rings (SSSR count). The molecule has 1 saturated carbocycles. The molecular formula is C16H19N3S. The number of thiazole rings is 1. The molecule has 0 spiro atoms. The summed E-state index contributed by atoms with van der Waals surface area (Å²) in [5, 5.41) is 8.20. The maximum absolute atomic E-state index is 4.54. The number of anilines is 1. The lowest BCUT2D eigenvalue weighted by molar-refractivity contribution is 0.494. The summed E-state index contributed by atoms with van der Waals surface area (Å²) >= 11 is 1.76. The Balaban J connectivity index is 1.44. The summed E-state index contributed by atoms with van der Waals surface area (Å²) in [5.41, 5.74) is 1.26. The van der Waals surface area contributed by atoms with E-state index in [2.05, 4.69) is 45.9 Å². The number of aromatic nitrogens is 1. The third-order valence-electron chi connectivity index (χ3n) is 4.55. The monoisotopic (exact) mass is 285 g/mol. The molecule has 2 fully saturated rings. The highest BCUT2D eigenvalue weighted by atomic mass is 32.1. The summed E-state index contributed by atoms with van der Waals surface area (Å²) < 4.78 is 0. The summed E-state index contributed by atoms with van der Waals surface area (Å²) in [4.78, 5) is 5.79. The number of fused-ring (bicyclic) bond motifs is 1. The SMILES string of the molecule is c1ccc(-c2cnc(NC3CC4CNC[C@H]4C3)s2)cc1. The molecule has 3 atom stereocenters. The molecule has 3 nitrogen and oxygen atoms in total. The van der Waals surface area contributed by atoms with E-state index in [1.54, 1.807) is 11.3 Å². The molecular weight excluding hydrogens is 266 g/mol. The van der Waals surface area contributed by atoms with Crippen LogP contribution in [0.5, 0.6) is 0 Å². The van der Waals surface area contributed by atoms with Gasteiger partial charge in [-0.25, -0.2) is 4.98 Å². The van der Waals surface area contributed by atoms with Crippen molar-refractivity contribution in [2.45, 2.75) is 18.9 Å². The van der Waals surface area contributed by atoms with Gasteiger partial charge in [-0.3, -0.25) is 0 Å². The number of rotatable bonds is 3. The fraction of sp³-hybridized carbons (Fsp3) is 0.438. The van der Waals surface area contributed by atoms with Gasteiger partial charge < -0.3 is 10.6 Å². The predicted molar refractivity (Wildman–Crippen MR) is 84.0 cm³/mol. The topological polar surface area (TPSA) is 37.0 Å². The maximum atomic E-state index is 4.54. The quantitative estimate of drug-likeness (QED) is 0.909. The smallest absolute Gasteiger partial charge is 0.183 e. The van der Waals surface area contributed by atoms with Crippen LogP contribution in [-0.2, 0) is 0 Å². The number of nitrogens with zero attached hydrogens (tertiary/aromatic N) is 1. The zero-order chi connectivity index (χ0) is 13.4. The average molecular weight is 285 g/mol. The first-order valence-electron chi connectivity index (χ1n) is 7.37. The zero-order valence-electron chi connectivity index (χ0n) is 11.4. The molecule has 0 amide bonds. The highest BCUT2D eigenvalue weighted by Gasteiger charge is 2.37. The van der Waals surface area contributed by atoms with Crippen molar-refractivity contribution in [1.82, 2.24) is 10.3 Å². The molecule has 2 aromatic rings. The zero-order valence-corrected chi connectivity index (χ0v) is 12.2. The van der Waals surface area contributed by atoms with Crippen LogP contribution in [0.1, 0.15) is 12.8 Å². The fourth-order valence-corrected chi connectivity index (χ4v) is 4.43. The Hall–Kier alpha value is -1.39. The molecule has 1 aromatic carbocycles. The summed E-state index contributed by atoms with van der Waals surface area (Å²) in [6.45, 7) is 2.41. The molecule has 1 aliphatic carbocycles. The largest absolute Gasteiger partial charge is 0.359 e. The van der Waals surface area contributed by atoms with Crippen molar-refractivity contribution in [2.24, 2.45) is 11.8 Å². The molecule has 2 unspecified atom stereocenters. The van der Waals surface area contributed by atoms with E-state index in [1.807, 2.05) is 6.20 Å². The second kappa shape index (κ2) is 5.19. The third-order valence-corrected chi connectivity index (χ3v) is 5.52. The van der Waals surface area contributed by atoms with E-state index in [0.717, 1.165) is 17.0 Å². The van der Waals surface area contributed by atoms with E-state index in [9.17, 15) is 0 Å². The van der Waals surface area contributed by atoms with Crippen molar-refractivity contribution in [1.29, 1.82) is 0 Å². The molecule has 2 aliphatic rings. The lowest BCUT2D eigenvalue weighted by Crippen LogP contribution is -2.20. The van der Waals surface area contributed by atoms with Gasteiger partial charge in [0.2, 0.25) is 0 Å². The van der Waals surface area contributed by atoms with Crippen molar-refractivity contribution in [3.63, 3.8) is 0 Å². The summed E-state index contributed by atoms with van der Waals surface area (Å²) in [6, 6.07) is 11.1. The minimum atomic E-state index is 0.613. The van der Waals surface area contributed by atoms with Gasteiger partial charge in [-0.05, 0) is 43.3 Å². The number of benzene rings is 1. The molecule has 20 heavy (non-hydrogen) atoms. The molecule has 1 saturated heterocycles. The van der Waals surface area contributed by atoms with Gasteiger partial charge in [0.05, 0.1) is 4.88 Å². The molecule has 104 valence electrons. The van der Waals surface area contributed by atoms with Gasteiger partial charge in [-0.1, -0.05) is 41.7 Å². The molecule has 2 N–H and O–H groups in total. The van der Waals surface area contributed by atoms with E-state index < -0.39 is 0 Å². The Labute approximate surface area is 123 Å². The van der Waals surface area contributed by atoms with Crippen LogP contribution in [0.25, 0.3) is 10.4 Å². The van der Waals surface area contributed by atoms with Crippen molar-refractivity contribution >= 4 is 16.5 Å². The van der Waals surface area contributed by atoms with Crippen LogP contribution in [-0.4, -0.2) is 24.1 Å².